The molecule has 0 unspecified atom stereocenters. The average molecular weight is 537 g/mol. The van der Waals surface area contributed by atoms with E-state index in [1.165, 1.54) is 0 Å². The molecule has 1 aromatic heterocycles. The number of hydrogen-bond donors (Lipinski definition) is 3. The zero-order valence-electron chi connectivity index (χ0n) is 17.0. The molecule has 2 aliphatic rings. The maximum absolute atomic E-state index is 10.7. The van der Waals surface area contributed by atoms with Crippen LogP contribution in [0.25, 0.3) is 10.9 Å². The van der Waals surface area contributed by atoms with Gasteiger partial charge in [0, 0.05) is 53.2 Å². The van der Waals surface area contributed by atoms with Gasteiger partial charge in [-0.2, -0.15) is 0 Å². The summed E-state index contributed by atoms with van der Waals surface area (Å²) in [5.74, 6) is -0.0525. The van der Waals surface area contributed by atoms with Crippen LogP contribution in [-0.4, -0.2) is 65.7 Å². The van der Waals surface area contributed by atoms with E-state index in [0.29, 0.717) is 44.5 Å². The zero-order chi connectivity index (χ0) is 22.2. The monoisotopic (exact) mass is 535 g/mol. The number of oxime groups is 1. The molecule has 3 heterocycles. The van der Waals surface area contributed by atoms with E-state index >= 15 is 0 Å². The standard InChI is InChI=1S/C22H20BrCl2N5O2/c23-12-1-2-17-14(9-12)20(29-32-8-7-30-5-3-26-4-6-30)21(27-17)18-15-10-13(24)11-16(25)19(15)28-22(18)31/h1-2,9-11,26,28,31H,3-8H2/b29-20+. The summed E-state index contributed by atoms with van der Waals surface area (Å²) in [7, 11) is 0. The summed E-state index contributed by atoms with van der Waals surface area (Å²) in [4.78, 5) is 15.8. The third kappa shape index (κ3) is 4.13. The number of nitrogens with one attached hydrogen (secondary N) is 2. The van der Waals surface area contributed by atoms with E-state index in [4.69, 9.17) is 33.0 Å². The van der Waals surface area contributed by atoms with Crippen molar-refractivity contribution in [3.8, 4) is 5.88 Å². The van der Waals surface area contributed by atoms with Gasteiger partial charge in [0.2, 0.25) is 0 Å². The molecule has 7 nitrogen and oxygen atoms in total. The smallest absolute Gasteiger partial charge is 0.199 e. The number of benzene rings is 2. The van der Waals surface area contributed by atoms with Crippen LogP contribution in [0, 0.1) is 0 Å². The summed E-state index contributed by atoms with van der Waals surface area (Å²) in [6, 6.07) is 9.13. The number of aromatic nitrogens is 1. The average Bonchev–Trinajstić information content (AvgIpc) is 3.28. The predicted octanol–water partition coefficient (Wildman–Crippen LogP) is 4.70. The van der Waals surface area contributed by atoms with Gasteiger partial charge in [-0.1, -0.05) is 44.3 Å². The number of H-pyrrole nitrogens is 1. The highest BCUT2D eigenvalue weighted by Crippen LogP contribution is 2.39. The second kappa shape index (κ2) is 9.03. The van der Waals surface area contributed by atoms with E-state index in [1.54, 1.807) is 12.1 Å². The van der Waals surface area contributed by atoms with Gasteiger partial charge in [0.05, 0.1) is 21.8 Å². The van der Waals surface area contributed by atoms with Crippen LogP contribution >= 0.6 is 39.1 Å². The second-order valence-electron chi connectivity index (χ2n) is 7.65. The van der Waals surface area contributed by atoms with Gasteiger partial charge in [-0.05, 0) is 30.3 Å². The number of hydrogen-bond acceptors (Lipinski definition) is 6. The first kappa shape index (κ1) is 21.7. The maximum atomic E-state index is 10.7. The molecular formula is C22H20BrCl2N5O2. The first-order valence-corrected chi connectivity index (χ1v) is 11.8. The molecule has 2 aromatic carbocycles. The van der Waals surface area contributed by atoms with E-state index < -0.39 is 0 Å². The van der Waals surface area contributed by atoms with Crippen LogP contribution in [0.4, 0.5) is 5.69 Å². The highest BCUT2D eigenvalue weighted by molar-refractivity contribution is 9.10. The van der Waals surface area contributed by atoms with Crippen LogP contribution in [0.15, 0.2) is 45.0 Å². The summed E-state index contributed by atoms with van der Waals surface area (Å²) in [5, 5.41) is 20.1. The minimum absolute atomic E-state index is 0.0525. The van der Waals surface area contributed by atoms with E-state index in [0.717, 1.165) is 48.4 Å². The largest absolute Gasteiger partial charge is 0.494 e. The Morgan fingerprint density at radius 2 is 2.00 bits per heavy atom. The van der Waals surface area contributed by atoms with Gasteiger partial charge >= 0.3 is 0 Å². The predicted molar refractivity (Wildman–Crippen MR) is 132 cm³/mol. The van der Waals surface area contributed by atoms with Crippen molar-refractivity contribution < 1.29 is 9.94 Å². The molecule has 5 rings (SSSR count). The quantitative estimate of drug-likeness (QED) is 0.326. The lowest BCUT2D eigenvalue weighted by Crippen LogP contribution is -2.44. The molecule has 2 aliphatic heterocycles. The third-order valence-corrected chi connectivity index (χ3v) is 6.59. The molecule has 3 aromatic rings. The molecule has 0 saturated carbocycles. The molecule has 166 valence electrons. The normalized spacial score (nSPS) is 17.7. The van der Waals surface area contributed by atoms with Crippen LogP contribution in [0.5, 0.6) is 5.88 Å². The van der Waals surface area contributed by atoms with Gasteiger partial charge in [-0.15, -0.1) is 0 Å². The molecule has 0 atom stereocenters. The van der Waals surface area contributed by atoms with Crippen molar-refractivity contribution in [3.05, 3.63) is 56.0 Å². The number of rotatable bonds is 5. The SMILES string of the molecule is Oc1[nH]c2c(Cl)cc(Cl)cc2c1C1=Nc2ccc(Br)cc2/C1=N\OCCN1CCNCC1. The van der Waals surface area contributed by atoms with Crippen molar-refractivity contribution in [2.75, 3.05) is 39.3 Å². The van der Waals surface area contributed by atoms with E-state index in [-0.39, 0.29) is 5.88 Å². The highest BCUT2D eigenvalue weighted by atomic mass is 79.9. The Hall–Kier alpha value is -2.10. The van der Waals surface area contributed by atoms with Gasteiger partial charge in [-0.3, -0.25) is 4.90 Å². The minimum atomic E-state index is -0.0525. The van der Waals surface area contributed by atoms with Crippen molar-refractivity contribution in [1.82, 2.24) is 15.2 Å². The lowest BCUT2D eigenvalue weighted by molar-refractivity contribution is 0.106. The van der Waals surface area contributed by atoms with Gasteiger partial charge in [0.15, 0.2) is 5.88 Å². The van der Waals surface area contributed by atoms with Gasteiger partial charge < -0.3 is 20.2 Å². The lowest BCUT2D eigenvalue weighted by Gasteiger charge is -2.26. The number of aromatic hydroxyl groups is 1. The first-order valence-electron chi connectivity index (χ1n) is 10.2. The Kier molecular flexibility index (Phi) is 6.14. The number of piperazine rings is 1. The fourth-order valence-corrected chi connectivity index (χ4v) is 4.93. The van der Waals surface area contributed by atoms with E-state index in [2.05, 4.69) is 36.3 Å². The Balaban J connectivity index is 1.51. The Morgan fingerprint density at radius 3 is 2.81 bits per heavy atom. The first-order chi connectivity index (χ1) is 15.5. The lowest BCUT2D eigenvalue weighted by atomic mass is 10.0. The Bertz CT molecular complexity index is 1250. The topological polar surface area (TPSA) is 85.2 Å². The van der Waals surface area contributed by atoms with Crippen LogP contribution in [-0.2, 0) is 4.84 Å². The molecule has 1 fully saturated rings. The highest BCUT2D eigenvalue weighted by Gasteiger charge is 2.30. The zero-order valence-corrected chi connectivity index (χ0v) is 20.1. The fraction of sp³-hybridized carbons (Fsp3) is 0.273. The second-order valence-corrected chi connectivity index (χ2v) is 9.40. The summed E-state index contributed by atoms with van der Waals surface area (Å²) in [6.45, 7) is 5.20. The minimum Gasteiger partial charge on any atom is -0.494 e. The van der Waals surface area contributed by atoms with Crippen LogP contribution in [0.3, 0.4) is 0 Å². The molecule has 1 saturated heterocycles. The van der Waals surface area contributed by atoms with Crippen molar-refractivity contribution in [2.45, 2.75) is 0 Å². The van der Waals surface area contributed by atoms with Gasteiger partial charge in [0.1, 0.15) is 18.0 Å². The van der Waals surface area contributed by atoms with Crippen LogP contribution in [0.1, 0.15) is 11.1 Å². The van der Waals surface area contributed by atoms with E-state index in [9.17, 15) is 5.11 Å². The van der Waals surface area contributed by atoms with Crippen molar-refractivity contribution in [2.24, 2.45) is 10.1 Å². The summed E-state index contributed by atoms with van der Waals surface area (Å²) < 4.78 is 0.899. The molecule has 3 N–H and O–H groups in total. The number of fused-ring (bicyclic) bond motifs is 2. The van der Waals surface area contributed by atoms with Crippen molar-refractivity contribution >= 4 is 67.1 Å². The van der Waals surface area contributed by atoms with Gasteiger partial charge in [-0.25, -0.2) is 4.99 Å². The summed E-state index contributed by atoms with van der Waals surface area (Å²) in [6.07, 6.45) is 0. The summed E-state index contributed by atoms with van der Waals surface area (Å²) >= 11 is 16.1. The van der Waals surface area contributed by atoms with Crippen molar-refractivity contribution in [3.63, 3.8) is 0 Å². The fourth-order valence-electron chi connectivity index (χ4n) is 4.02. The third-order valence-electron chi connectivity index (χ3n) is 5.58. The number of aliphatic imine (C=N–C) groups is 1. The molecule has 0 amide bonds. The molecule has 0 radical (unpaired) electrons. The molecule has 0 aliphatic carbocycles. The molecular weight excluding hydrogens is 517 g/mol. The Morgan fingerprint density at radius 1 is 1.19 bits per heavy atom. The van der Waals surface area contributed by atoms with Gasteiger partial charge in [0.25, 0.3) is 0 Å². The van der Waals surface area contributed by atoms with E-state index in [1.807, 2.05) is 18.2 Å². The number of aromatic amines is 1. The molecule has 0 bridgehead atoms. The van der Waals surface area contributed by atoms with Crippen LogP contribution < -0.4 is 5.32 Å². The van der Waals surface area contributed by atoms with Crippen LogP contribution in [0.2, 0.25) is 10.0 Å². The summed E-state index contributed by atoms with van der Waals surface area (Å²) in [5.41, 5.74) is 3.69. The maximum Gasteiger partial charge on any atom is 0.199 e. The Labute approximate surface area is 203 Å². The molecule has 32 heavy (non-hydrogen) atoms. The molecule has 10 heteroatoms. The van der Waals surface area contributed by atoms with Crippen molar-refractivity contribution in [1.29, 1.82) is 0 Å². The molecule has 0 spiro atoms. The number of nitrogens with zero attached hydrogens (tertiary/aromatic N) is 3. The number of halogens is 3.